The topological polar surface area (TPSA) is 78.2 Å². The van der Waals surface area contributed by atoms with Gasteiger partial charge in [-0.05, 0) is 17.7 Å². The number of hydrogen-bond donors (Lipinski definition) is 1. The van der Waals surface area contributed by atoms with Crippen LogP contribution in [-0.4, -0.2) is 13.0 Å². The van der Waals surface area contributed by atoms with Gasteiger partial charge in [0.25, 0.3) is 10.1 Å². The Bertz CT molecular complexity index is 416. The zero-order valence-corrected chi connectivity index (χ0v) is 8.06. The molecule has 4 nitrogen and oxygen atoms in total. The van der Waals surface area contributed by atoms with Gasteiger partial charge >= 0.3 is 0 Å². The number of hydrogen-bond acceptors (Lipinski definition) is 2. The van der Waals surface area contributed by atoms with Crippen LogP contribution in [0.4, 0.5) is 0 Å². The van der Waals surface area contributed by atoms with Crippen molar-refractivity contribution in [2.45, 2.75) is 11.4 Å². The molecule has 0 bridgehead atoms. The van der Waals surface area contributed by atoms with E-state index in [-0.39, 0.29) is 16.5 Å². The van der Waals surface area contributed by atoms with Gasteiger partial charge in [0, 0.05) is 11.6 Å². The summed E-state index contributed by atoms with van der Waals surface area (Å²) in [5.41, 5.74) is 7.54. The standard InChI is InChI=1S/C7H7ClNO3S/c8-7-3-6(13(10,11)12)2-1-5(7)4-9/h1-3,9H,4H2,(H,10,11,12). The van der Waals surface area contributed by atoms with Gasteiger partial charge in [-0.1, -0.05) is 17.7 Å². The summed E-state index contributed by atoms with van der Waals surface area (Å²) in [6, 6.07) is 3.74. The van der Waals surface area contributed by atoms with Crippen LogP contribution >= 0.6 is 11.6 Å². The fourth-order valence-corrected chi connectivity index (χ4v) is 1.65. The van der Waals surface area contributed by atoms with E-state index in [1.54, 1.807) is 0 Å². The predicted molar refractivity (Wildman–Crippen MR) is 48.1 cm³/mol. The Balaban J connectivity index is 3.26. The summed E-state index contributed by atoms with van der Waals surface area (Å²) in [6.07, 6.45) is 0. The van der Waals surface area contributed by atoms with Crippen LogP contribution in [-0.2, 0) is 16.7 Å². The van der Waals surface area contributed by atoms with Gasteiger partial charge in [-0.25, -0.2) is 0 Å². The predicted octanol–water partition coefficient (Wildman–Crippen LogP) is 1.37. The molecular weight excluding hydrogens is 214 g/mol. The van der Waals surface area contributed by atoms with Gasteiger partial charge in [0.05, 0.1) is 4.90 Å². The molecule has 0 amide bonds. The summed E-state index contributed by atoms with van der Waals surface area (Å²) in [6.45, 7) is -0.0232. The number of halogens is 1. The number of rotatable bonds is 2. The summed E-state index contributed by atoms with van der Waals surface area (Å²) in [5, 5.41) is 0.171. The van der Waals surface area contributed by atoms with Crippen molar-refractivity contribution < 1.29 is 13.0 Å². The molecule has 0 saturated carbocycles. The molecule has 13 heavy (non-hydrogen) atoms. The van der Waals surface area contributed by atoms with Crippen LogP contribution in [0.15, 0.2) is 23.1 Å². The van der Waals surface area contributed by atoms with Crippen LogP contribution in [0.1, 0.15) is 5.56 Å². The van der Waals surface area contributed by atoms with Gasteiger partial charge in [-0.15, -0.1) is 0 Å². The summed E-state index contributed by atoms with van der Waals surface area (Å²) >= 11 is 5.64. The summed E-state index contributed by atoms with van der Waals surface area (Å²) in [5.74, 6) is 0. The van der Waals surface area contributed by atoms with Crippen LogP contribution in [0.3, 0.4) is 0 Å². The summed E-state index contributed by atoms with van der Waals surface area (Å²) in [4.78, 5) is -0.255. The van der Waals surface area contributed by atoms with Crippen molar-refractivity contribution in [3.63, 3.8) is 0 Å². The van der Waals surface area contributed by atoms with Gasteiger partial charge in [0.2, 0.25) is 0 Å². The van der Waals surface area contributed by atoms with Crippen LogP contribution in [0.2, 0.25) is 5.02 Å². The lowest BCUT2D eigenvalue weighted by Crippen LogP contribution is -1.98. The summed E-state index contributed by atoms with van der Waals surface area (Å²) in [7, 11) is -4.20. The second kappa shape index (κ2) is 3.63. The second-order valence-electron chi connectivity index (χ2n) is 2.41. The molecule has 1 radical (unpaired) electrons. The highest BCUT2D eigenvalue weighted by Gasteiger charge is 2.10. The van der Waals surface area contributed by atoms with E-state index in [9.17, 15) is 8.42 Å². The molecule has 0 saturated heterocycles. The normalized spacial score (nSPS) is 11.6. The van der Waals surface area contributed by atoms with Gasteiger partial charge in [0.1, 0.15) is 0 Å². The van der Waals surface area contributed by atoms with E-state index in [0.717, 1.165) is 6.07 Å². The smallest absolute Gasteiger partial charge is 0.282 e. The molecule has 0 aliphatic heterocycles. The SMILES string of the molecule is [NH]Cc1ccc(S(=O)(=O)O)cc1Cl. The first-order valence-corrected chi connectivity index (χ1v) is 5.17. The van der Waals surface area contributed by atoms with E-state index in [4.69, 9.17) is 21.9 Å². The Morgan fingerprint density at radius 3 is 2.46 bits per heavy atom. The highest BCUT2D eigenvalue weighted by Crippen LogP contribution is 2.20. The average Bonchev–Trinajstić information content (AvgIpc) is 2.02. The molecule has 71 valence electrons. The lowest BCUT2D eigenvalue weighted by molar-refractivity contribution is 0.483. The molecule has 0 heterocycles. The molecule has 0 aliphatic rings. The van der Waals surface area contributed by atoms with E-state index < -0.39 is 10.1 Å². The minimum absolute atomic E-state index is 0.0232. The Morgan fingerprint density at radius 1 is 1.46 bits per heavy atom. The number of benzene rings is 1. The second-order valence-corrected chi connectivity index (χ2v) is 4.23. The minimum Gasteiger partial charge on any atom is -0.282 e. The monoisotopic (exact) mass is 220 g/mol. The van der Waals surface area contributed by atoms with Crippen molar-refractivity contribution in [2.75, 3.05) is 0 Å². The van der Waals surface area contributed by atoms with E-state index in [2.05, 4.69) is 0 Å². The lowest BCUT2D eigenvalue weighted by atomic mass is 10.2. The van der Waals surface area contributed by atoms with Gasteiger partial charge in [-0.3, -0.25) is 10.3 Å². The molecule has 0 fully saturated rings. The number of nitrogens with one attached hydrogen (secondary N) is 1. The van der Waals surface area contributed by atoms with E-state index >= 15 is 0 Å². The molecule has 0 aliphatic carbocycles. The third-order valence-corrected chi connectivity index (χ3v) is 2.71. The van der Waals surface area contributed by atoms with Crippen LogP contribution in [0.5, 0.6) is 0 Å². The largest absolute Gasteiger partial charge is 0.294 e. The molecule has 0 spiro atoms. The molecule has 2 N–H and O–H groups in total. The van der Waals surface area contributed by atoms with Crippen molar-refractivity contribution in [1.29, 1.82) is 0 Å². The average molecular weight is 221 g/mol. The molecule has 6 heteroatoms. The first-order chi connectivity index (χ1) is 5.95. The van der Waals surface area contributed by atoms with Crippen molar-refractivity contribution >= 4 is 21.7 Å². The zero-order valence-electron chi connectivity index (χ0n) is 6.49. The third-order valence-electron chi connectivity index (χ3n) is 1.51. The zero-order chi connectivity index (χ0) is 10.1. The van der Waals surface area contributed by atoms with E-state index in [1.807, 2.05) is 0 Å². The van der Waals surface area contributed by atoms with Crippen molar-refractivity contribution in [2.24, 2.45) is 0 Å². The van der Waals surface area contributed by atoms with Crippen LogP contribution < -0.4 is 5.73 Å². The highest BCUT2D eigenvalue weighted by atomic mass is 35.5. The summed E-state index contributed by atoms with van der Waals surface area (Å²) < 4.78 is 29.9. The van der Waals surface area contributed by atoms with Crippen molar-refractivity contribution in [3.05, 3.63) is 28.8 Å². The highest BCUT2D eigenvalue weighted by molar-refractivity contribution is 7.85. The fourth-order valence-electron chi connectivity index (χ4n) is 0.832. The maximum absolute atomic E-state index is 10.6. The van der Waals surface area contributed by atoms with Crippen LogP contribution in [0.25, 0.3) is 0 Å². The Hall–Kier alpha value is -0.620. The van der Waals surface area contributed by atoms with E-state index in [0.29, 0.717) is 5.56 Å². The first kappa shape index (κ1) is 10.5. The Morgan fingerprint density at radius 2 is 2.08 bits per heavy atom. The maximum Gasteiger partial charge on any atom is 0.294 e. The molecule has 1 rings (SSSR count). The quantitative estimate of drug-likeness (QED) is 0.765. The minimum atomic E-state index is -4.20. The molecule has 0 unspecified atom stereocenters. The maximum atomic E-state index is 10.6. The van der Waals surface area contributed by atoms with Crippen molar-refractivity contribution in [3.8, 4) is 0 Å². The van der Waals surface area contributed by atoms with Crippen LogP contribution in [0, 0.1) is 0 Å². The third kappa shape index (κ3) is 2.41. The molecule has 0 aromatic heterocycles. The fraction of sp³-hybridized carbons (Fsp3) is 0.143. The van der Waals surface area contributed by atoms with Gasteiger partial charge in [0.15, 0.2) is 0 Å². The lowest BCUT2D eigenvalue weighted by Gasteiger charge is -2.01. The molecule has 1 aromatic carbocycles. The Kier molecular flexibility index (Phi) is 2.92. The molecular formula is C7H7ClNO3S. The van der Waals surface area contributed by atoms with Gasteiger partial charge in [-0.2, -0.15) is 8.42 Å². The van der Waals surface area contributed by atoms with E-state index in [1.165, 1.54) is 12.1 Å². The molecule has 0 atom stereocenters. The van der Waals surface area contributed by atoms with Gasteiger partial charge < -0.3 is 0 Å². The van der Waals surface area contributed by atoms with Crippen molar-refractivity contribution in [1.82, 2.24) is 5.73 Å². The Labute approximate surface area is 81.1 Å². The first-order valence-electron chi connectivity index (χ1n) is 3.35. The molecule has 1 aromatic rings.